The van der Waals surface area contributed by atoms with Crippen molar-refractivity contribution in [3.63, 3.8) is 0 Å². The Hall–Kier alpha value is -2.29. The summed E-state index contributed by atoms with van der Waals surface area (Å²) in [5.41, 5.74) is 7.62. The highest BCUT2D eigenvalue weighted by molar-refractivity contribution is 6.28. The summed E-state index contributed by atoms with van der Waals surface area (Å²) in [6, 6.07) is 12.5. The first-order chi connectivity index (χ1) is 16.2. The van der Waals surface area contributed by atoms with E-state index in [-0.39, 0.29) is 25.3 Å². The molecule has 184 valence electrons. The van der Waals surface area contributed by atoms with Gasteiger partial charge < -0.3 is 20.7 Å². The van der Waals surface area contributed by atoms with Gasteiger partial charge in [-0.2, -0.15) is 0 Å². The van der Waals surface area contributed by atoms with Gasteiger partial charge in [-0.25, -0.2) is 9.18 Å². The first-order valence-electron chi connectivity index (χ1n) is 11.2. The molecule has 2 rings (SSSR count). The molecule has 0 saturated heterocycles. The van der Waals surface area contributed by atoms with E-state index in [9.17, 15) is 14.0 Å². The number of halogens is 3. The molecule has 0 bridgehead atoms. The number of ether oxygens (including phenoxy) is 1. The molecular formula is C24H31BCl2FN3O3. The molecule has 2 aromatic rings. The molecule has 0 heterocycles. The summed E-state index contributed by atoms with van der Waals surface area (Å²) in [7, 11) is 1.61. The van der Waals surface area contributed by atoms with Crippen molar-refractivity contribution in [2.45, 2.75) is 31.2 Å². The SMILES string of the molecule is BC(N)(Cc1ccc(N(CCCl)CCCl)cc1)C(=O)NC(Cc1ccc(F)cc1)C(=O)OCC. The fourth-order valence-electron chi connectivity index (χ4n) is 3.52. The number of rotatable bonds is 13. The largest absolute Gasteiger partial charge is 0.464 e. The lowest BCUT2D eigenvalue weighted by molar-refractivity contribution is -0.147. The summed E-state index contributed by atoms with van der Waals surface area (Å²) >= 11 is 11.8. The van der Waals surface area contributed by atoms with E-state index in [4.69, 9.17) is 33.7 Å². The first kappa shape index (κ1) is 28.0. The zero-order valence-electron chi connectivity index (χ0n) is 19.5. The lowest BCUT2D eigenvalue weighted by Gasteiger charge is -2.27. The standard InChI is InChI=1S/C24H31BCl2FN3O3/c1-2-34-22(32)21(15-17-3-7-19(28)8-4-17)30-23(33)24(25,29)16-18-5-9-20(10-6-18)31(13-11-26)14-12-27/h3-10,21H,2,11-16,25,29H2,1H3,(H,30,33). The average molecular weight is 510 g/mol. The molecule has 0 aliphatic heterocycles. The third-order valence-corrected chi connectivity index (χ3v) is 5.67. The number of nitrogens with zero attached hydrogens (tertiary/aromatic N) is 1. The van der Waals surface area contributed by atoms with Gasteiger partial charge in [0.15, 0.2) is 0 Å². The molecule has 10 heteroatoms. The van der Waals surface area contributed by atoms with Gasteiger partial charge in [-0.15, -0.1) is 23.2 Å². The van der Waals surface area contributed by atoms with E-state index < -0.39 is 23.4 Å². The number of hydrogen-bond donors (Lipinski definition) is 2. The molecule has 2 unspecified atom stereocenters. The maximum atomic E-state index is 13.2. The van der Waals surface area contributed by atoms with Crippen LogP contribution in [0.4, 0.5) is 10.1 Å². The third kappa shape index (κ3) is 8.49. The van der Waals surface area contributed by atoms with Crippen LogP contribution in [0.3, 0.4) is 0 Å². The van der Waals surface area contributed by atoms with Crippen LogP contribution >= 0.6 is 23.2 Å². The van der Waals surface area contributed by atoms with E-state index >= 15 is 0 Å². The summed E-state index contributed by atoms with van der Waals surface area (Å²) in [5.74, 6) is -0.463. The zero-order valence-corrected chi connectivity index (χ0v) is 21.0. The fourth-order valence-corrected chi connectivity index (χ4v) is 3.93. The van der Waals surface area contributed by atoms with Crippen LogP contribution in [0, 0.1) is 5.82 Å². The quantitative estimate of drug-likeness (QED) is 0.246. The molecule has 0 aromatic heterocycles. The van der Waals surface area contributed by atoms with Crippen molar-refractivity contribution in [1.82, 2.24) is 5.32 Å². The summed E-state index contributed by atoms with van der Waals surface area (Å²) in [4.78, 5) is 27.6. The molecule has 0 aliphatic carbocycles. The van der Waals surface area contributed by atoms with Crippen LogP contribution in [0.25, 0.3) is 0 Å². The Morgan fingerprint density at radius 3 is 2.18 bits per heavy atom. The number of carbonyl (C=O) groups is 2. The molecular weight excluding hydrogens is 479 g/mol. The van der Waals surface area contributed by atoms with Crippen molar-refractivity contribution in [1.29, 1.82) is 0 Å². The van der Waals surface area contributed by atoms with Crippen molar-refractivity contribution in [3.8, 4) is 0 Å². The van der Waals surface area contributed by atoms with E-state index in [0.717, 1.165) is 11.3 Å². The lowest BCUT2D eigenvalue weighted by atomic mass is 9.73. The first-order valence-corrected chi connectivity index (χ1v) is 12.2. The van der Waals surface area contributed by atoms with Crippen LogP contribution in [0.5, 0.6) is 0 Å². The van der Waals surface area contributed by atoms with Gasteiger partial charge in [-0.05, 0) is 48.7 Å². The fraction of sp³-hybridized carbons (Fsp3) is 0.417. The second-order valence-corrected chi connectivity index (χ2v) is 8.99. The van der Waals surface area contributed by atoms with Crippen LogP contribution in [-0.4, -0.2) is 62.7 Å². The summed E-state index contributed by atoms with van der Waals surface area (Å²) < 4.78 is 18.3. The van der Waals surface area contributed by atoms with E-state index in [1.54, 1.807) is 26.9 Å². The molecule has 0 aliphatic rings. The summed E-state index contributed by atoms with van der Waals surface area (Å²) in [5, 5.41) is 2.72. The molecule has 1 amide bonds. The van der Waals surface area contributed by atoms with E-state index in [1.807, 2.05) is 24.3 Å². The molecule has 0 fully saturated rings. The Kier molecular flexibility index (Phi) is 11.2. The Balaban J connectivity index is 2.10. The molecule has 6 nitrogen and oxygen atoms in total. The van der Waals surface area contributed by atoms with Crippen LogP contribution in [0.15, 0.2) is 48.5 Å². The second kappa shape index (κ2) is 13.6. The molecule has 2 aromatic carbocycles. The third-order valence-electron chi connectivity index (χ3n) is 5.33. The van der Waals surface area contributed by atoms with Crippen LogP contribution in [0.1, 0.15) is 18.1 Å². The number of alkyl halides is 2. The number of anilines is 1. The predicted octanol–water partition coefficient (Wildman–Crippen LogP) is 2.23. The maximum absolute atomic E-state index is 13.2. The van der Waals surface area contributed by atoms with Gasteiger partial charge in [0, 0.05) is 37.0 Å². The average Bonchev–Trinajstić information content (AvgIpc) is 2.80. The summed E-state index contributed by atoms with van der Waals surface area (Å²) in [6.07, 6.45) is 0.419. The van der Waals surface area contributed by atoms with Crippen molar-refractivity contribution in [3.05, 3.63) is 65.5 Å². The van der Waals surface area contributed by atoms with Gasteiger partial charge >= 0.3 is 5.97 Å². The van der Waals surface area contributed by atoms with Crippen molar-refractivity contribution < 1.29 is 18.7 Å². The van der Waals surface area contributed by atoms with Crippen LogP contribution < -0.4 is 16.0 Å². The Bertz CT molecular complexity index is 924. The number of nitrogens with one attached hydrogen (secondary N) is 1. The van der Waals surface area contributed by atoms with E-state index in [0.29, 0.717) is 30.4 Å². The molecule has 34 heavy (non-hydrogen) atoms. The Labute approximate surface area is 211 Å². The number of nitrogens with two attached hydrogens (primary N) is 1. The molecule has 0 saturated carbocycles. The van der Waals surface area contributed by atoms with Gasteiger partial charge in [0.1, 0.15) is 19.7 Å². The Morgan fingerprint density at radius 2 is 1.65 bits per heavy atom. The van der Waals surface area contributed by atoms with Gasteiger partial charge in [-0.1, -0.05) is 24.3 Å². The number of hydrogen-bond acceptors (Lipinski definition) is 5. The van der Waals surface area contributed by atoms with Crippen molar-refractivity contribution >= 4 is 48.6 Å². The Morgan fingerprint density at radius 1 is 1.09 bits per heavy atom. The lowest BCUT2D eigenvalue weighted by Crippen LogP contribution is -2.59. The second-order valence-electron chi connectivity index (χ2n) is 8.23. The summed E-state index contributed by atoms with van der Waals surface area (Å²) in [6.45, 7) is 3.21. The van der Waals surface area contributed by atoms with Gasteiger partial charge in [0.25, 0.3) is 0 Å². The van der Waals surface area contributed by atoms with Gasteiger partial charge in [0.2, 0.25) is 5.91 Å². The van der Waals surface area contributed by atoms with Gasteiger partial charge in [-0.3, -0.25) is 4.79 Å². The minimum absolute atomic E-state index is 0.159. The zero-order chi connectivity index (χ0) is 25.1. The van der Waals surface area contributed by atoms with E-state index in [1.165, 1.54) is 12.1 Å². The monoisotopic (exact) mass is 509 g/mol. The number of esters is 1. The van der Waals surface area contributed by atoms with Crippen LogP contribution in [0.2, 0.25) is 0 Å². The molecule has 0 radical (unpaired) electrons. The van der Waals surface area contributed by atoms with E-state index in [2.05, 4.69) is 10.2 Å². The van der Waals surface area contributed by atoms with Gasteiger partial charge in [0.05, 0.1) is 12.0 Å². The molecule has 3 N–H and O–H groups in total. The topological polar surface area (TPSA) is 84.7 Å². The number of amides is 1. The highest BCUT2D eigenvalue weighted by Gasteiger charge is 2.32. The number of carbonyl (C=O) groups excluding carboxylic acids is 2. The maximum Gasteiger partial charge on any atom is 0.328 e. The number of benzene rings is 2. The smallest absolute Gasteiger partial charge is 0.328 e. The van der Waals surface area contributed by atoms with Crippen molar-refractivity contribution in [2.24, 2.45) is 5.73 Å². The predicted molar refractivity (Wildman–Crippen MR) is 138 cm³/mol. The molecule has 0 spiro atoms. The highest BCUT2D eigenvalue weighted by atomic mass is 35.5. The highest BCUT2D eigenvalue weighted by Crippen LogP contribution is 2.18. The molecule has 2 atom stereocenters. The van der Waals surface area contributed by atoms with Crippen molar-refractivity contribution in [2.75, 3.05) is 36.4 Å². The minimum Gasteiger partial charge on any atom is -0.464 e. The van der Waals surface area contributed by atoms with Crippen LogP contribution in [-0.2, 0) is 27.2 Å². The normalized spacial score (nSPS) is 13.6. The minimum atomic E-state index is -1.28.